The minimum atomic E-state index is -0.293. The van der Waals surface area contributed by atoms with Crippen LogP contribution in [0.2, 0.25) is 0 Å². The number of hydrogen-bond acceptors (Lipinski definition) is 2. The van der Waals surface area contributed by atoms with Gasteiger partial charge in [0.15, 0.2) is 0 Å². The third-order valence-electron chi connectivity index (χ3n) is 4.00. The molecule has 0 spiro atoms. The molecular weight excluding hydrogens is 236 g/mol. The molecule has 104 valence electrons. The summed E-state index contributed by atoms with van der Waals surface area (Å²) in [4.78, 5) is 12.4. The zero-order valence-electron chi connectivity index (χ0n) is 12.1. The van der Waals surface area contributed by atoms with Crippen LogP contribution in [0.4, 0.5) is 0 Å². The summed E-state index contributed by atoms with van der Waals surface area (Å²) in [5.41, 5.74) is 6.56. The normalized spacial score (nSPS) is 18.7. The highest BCUT2D eigenvalue weighted by Crippen LogP contribution is 2.46. The highest BCUT2D eigenvalue weighted by Gasteiger charge is 2.49. The maximum absolute atomic E-state index is 12.4. The Bertz CT molecular complexity index is 444. The van der Waals surface area contributed by atoms with Gasteiger partial charge in [-0.15, -0.1) is 0 Å². The number of hydrogen-bond donors (Lipinski definition) is 2. The Kier molecular flexibility index (Phi) is 3.68. The van der Waals surface area contributed by atoms with Gasteiger partial charge >= 0.3 is 0 Å². The van der Waals surface area contributed by atoms with Gasteiger partial charge in [0.05, 0.1) is 11.5 Å². The molecule has 0 bridgehead atoms. The van der Waals surface area contributed by atoms with Crippen LogP contribution in [-0.4, -0.2) is 12.5 Å². The molecule has 0 heterocycles. The summed E-state index contributed by atoms with van der Waals surface area (Å²) >= 11 is 0. The van der Waals surface area contributed by atoms with Crippen LogP contribution in [0.15, 0.2) is 30.3 Å². The number of rotatable bonds is 4. The van der Waals surface area contributed by atoms with Gasteiger partial charge in [0.25, 0.3) is 0 Å². The van der Waals surface area contributed by atoms with Crippen LogP contribution in [0.3, 0.4) is 0 Å². The first-order valence-electron chi connectivity index (χ1n) is 6.95. The van der Waals surface area contributed by atoms with Crippen molar-refractivity contribution in [2.45, 2.75) is 39.7 Å². The molecule has 3 N–H and O–H groups in total. The molecule has 1 unspecified atom stereocenters. The van der Waals surface area contributed by atoms with E-state index in [0.29, 0.717) is 6.54 Å². The third-order valence-corrected chi connectivity index (χ3v) is 4.00. The van der Waals surface area contributed by atoms with Gasteiger partial charge in [-0.3, -0.25) is 4.79 Å². The van der Waals surface area contributed by atoms with Crippen molar-refractivity contribution in [3.8, 4) is 0 Å². The van der Waals surface area contributed by atoms with Crippen LogP contribution in [-0.2, 0) is 4.79 Å². The van der Waals surface area contributed by atoms with Crippen molar-refractivity contribution >= 4 is 5.91 Å². The Labute approximate surface area is 115 Å². The standard InChI is InChI=1S/C16H24N2O/c1-15(2,3)13(12-7-5-4-6-8-12)18-14(19)16(11-17)9-10-16/h4-8,13H,9-11,17H2,1-3H3,(H,18,19). The molecule has 1 atom stereocenters. The number of amides is 1. The summed E-state index contributed by atoms with van der Waals surface area (Å²) in [6.07, 6.45) is 1.84. The van der Waals surface area contributed by atoms with Crippen LogP contribution in [0, 0.1) is 10.8 Å². The molecule has 1 fully saturated rings. The summed E-state index contributed by atoms with van der Waals surface area (Å²) in [7, 11) is 0. The number of nitrogens with one attached hydrogen (secondary N) is 1. The fourth-order valence-electron chi connectivity index (χ4n) is 2.40. The molecule has 1 aliphatic rings. The minimum absolute atomic E-state index is 0.0187. The van der Waals surface area contributed by atoms with Crippen molar-refractivity contribution in [3.63, 3.8) is 0 Å². The second kappa shape index (κ2) is 4.97. The second-order valence-corrected chi connectivity index (χ2v) is 6.67. The first-order chi connectivity index (χ1) is 8.89. The predicted octanol–water partition coefficient (Wildman–Crippen LogP) is 2.63. The SMILES string of the molecule is CC(C)(C)C(NC(=O)C1(CN)CC1)c1ccccc1. The van der Waals surface area contributed by atoms with Crippen molar-refractivity contribution in [1.29, 1.82) is 0 Å². The van der Waals surface area contributed by atoms with Crippen molar-refractivity contribution in [1.82, 2.24) is 5.32 Å². The number of carbonyl (C=O) groups is 1. The van der Waals surface area contributed by atoms with Gasteiger partial charge in [0.1, 0.15) is 0 Å². The Balaban J connectivity index is 2.19. The van der Waals surface area contributed by atoms with Crippen LogP contribution in [0.5, 0.6) is 0 Å². The summed E-state index contributed by atoms with van der Waals surface area (Å²) in [6.45, 7) is 6.89. The summed E-state index contributed by atoms with van der Waals surface area (Å²) in [5, 5.41) is 3.21. The van der Waals surface area contributed by atoms with Gasteiger partial charge in [-0.25, -0.2) is 0 Å². The van der Waals surface area contributed by atoms with Crippen LogP contribution >= 0.6 is 0 Å². The third kappa shape index (κ3) is 2.98. The van der Waals surface area contributed by atoms with E-state index < -0.39 is 0 Å². The number of benzene rings is 1. The lowest BCUT2D eigenvalue weighted by molar-refractivity contribution is -0.127. The molecule has 0 aromatic heterocycles. The van der Waals surface area contributed by atoms with E-state index in [1.165, 1.54) is 0 Å². The smallest absolute Gasteiger partial charge is 0.227 e. The highest BCUT2D eigenvalue weighted by atomic mass is 16.2. The zero-order valence-corrected chi connectivity index (χ0v) is 12.1. The maximum atomic E-state index is 12.4. The monoisotopic (exact) mass is 260 g/mol. The van der Waals surface area contributed by atoms with Crippen LogP contribution in [0.25, 0.3) is 0 Å². The van der Waals surface area contributed by atoms with E-state index in [1.54, 1.807) is 0 Å². The van der Waals surface area contributed by atoms with Gasteiger partial charge in [-0.2, -0.15) is 0 Å². The van der Waals surface area contributed by atoms with Gasteiger partial charge < -0.3 is 11.1 Å². The van der Waals surface area contributed by atoms with E-state index in [2.05, 4.69) is 38.2 Å². The van der Waals surface area contributed by atoms with Gasteiger partial charge in [-0.1, -0.05) is 51.1 Å². The molecule has 1 amide bonds. The molecule has 0 radical (unpaired) electrons. The van der Waals surface area contributed by atoms with E-state index in [4.69, 9.17) is 5.73 Å². The van der Waals surface area contributed by atoms with Crippen molar-refractivity contribution in [3.05, 3.63) is 35.9 Å². The number of nitrogens with two attached hydrogens (primary N) is 1. The first kappa shape index (κ1) is 14.1. The van der Waals surface area contributed by atoms with Crippen molar-refractivity contribution in [2.75, 3.05) is 6.54 Å². The molecule has 0 aliphatic heterocycles. The van der Waals surface area contributed by atoms with Crippen molar-refractivity contribution in [2.24, 2.45) is 16.6 Å². The predicted molar refractivity (Wildman–Crippen MR) is 77.5 cm³/mol. The molecule has 3 heteroatoms. The van der Waals surface area contributed by atoms with E-state index >= 15 is 0 Å². The van der Waals surface area contributed by atoms with Gasteiger partial charge in [0.2, 0.25) is 5.91 Å². The molecule has 1 aliphatic carbocycles. The first-order valence-corrected chi connectivity index (χ1v) is 6.95. The second-order valence-electron chi connectivity index (χ2n) is 6.67. The van der Waals surface area contributed by atoms with E-state index in [0.717, 1.165) is 18.4 Å². The van der Waals surface area contributed by atoms with Crippen LogP contribution in [0.1, 0.15) is 45.2 Å². The average molecular weight is 260 g/mol. The van der Waals surface area contributed by atoms with Gasteiger partial charge in [-0.05, 0) is 23.8 Å². The fraction of sp³-hybridized carbons (Fsp3) is 0.562. The molecule has 19 heavy (non-hydrogen) atoms. The Hall–Kier alpha value is -1.35. The molecule has 2 rings (SSSR count). The Morgan fingerprint density at radius 2 is 1.89 bits per heavy atom. The fourth-order valence-corrected chi connectivity index (χ4v) is 2.40. The lowest BCUT2D eigenvalue weighted by atomic mass is 9.82. The quantitative estimate of drug-likeness (QED) is 0.874. The van der Waals surface area contributed by atoms with Gasteiger partial charge in [0, 0.05) is 6.54 Å². The molecular formula is C16H24N2O. The molecule has 1 aromatic rings. The zero-order chi connectivity index (χ0) is 14.1. The summed E-state index contributed by atoms with van der Waals surface area (Å²) in [6, 6.07) is 10.2. The Morgan fingerprint density at radius 1 is 1.32 bits per heavy atom. The molecule has 0 saturated heterocycles. The maximum Gasteiger partial charge on any atom is 0.227 e. The van der Waals surface area contributed by atoms with E-state index in [-0.39, 0.29) is 22.8 Å². The molecule has 1 saturated carbocycles. The minimum Gasteiger partial charge on any atom is -0.348 e. The summed E-state index contributed by atoms with van der Waals surface area (Å²) in [5.74, 6) is 0.110. The summed E-state index contributed by atoms with van der Waals surface area (Å²) < 4.78 is 0. The molecule has 3 nitrogen and oxygen atoms in total. The lowest BCUT2D eigenvalue weighted by Gasteiger charge is -2.33. The van der Waals surface area contributed by atoms with Crippen molar-refractivity contribution < 1.29 is 4.79 Å². The molecule has 1 aromatic carbocycles. The highest BCUT2D eigenvalue weighted by molar-refractivity contribution is 5.86. The van der Waals surface area contributed by atoms with Crippen LogP contribution < -0.4 is 11.1 Å². The van der Waals surface area contributed by atoms with E-state index in [1.807, 2.05) is 18.2 Å². The lowest BCUT2D eigenvalue weighted by Crippen LogP contribution is -2.42. The van der Waals surface area contributed by atoms with E-state index in [9.17, 15) is 4.79 Å². The number of carbonyl (C=O) groups excluding carboxylic acids is 1. The average Bonchev–Trinajstić information content (AvgIpc) is 3.16. The Morgan fingerprint density at radius 3 is 2.32 bits per heavy atom. The topological polar surface area (TPSA) is 55.1 Å². The largest absolute Gasteiger partial charge is 0.348 e.